The van der Waals surface area contributed by atoms with Crippen LogP contribution >= 0.6 is 0 Å². The van der Waals surface area contributed by atoms with Crippen molar-refractivity contribution < 1.29 is 14.9 Å². The summed E-state index contributed by atoms with van der Waals surface area (Å²) in [6.07, 6.45) is 1.01. The fraction of sp³-hybridized carbons (Fsp3) is 0.857. The number of hydrogen-bond acceptors (Lipinski definition) is 3. The van der Waals surface area contributed by atoms with Crippen molar-refractivity contribution >= 4 is 5.97 Å². The van der Waals surface area contributed by atoms with Gasteiger partial charge in [0.1, 0.15) is 0 Å². The van der Waals surface area contributed by atoms with Crippen LogP contribution in [0, 0.1) is 5.41 Å². The lowest BCUT2D eigenvalue weighted by Gasteiger charge is -2.15. The van der Waals surface area contributed by atoms with E-state index in [1.54, 1.807) is 0 Å². The van der Waals surface area contributed by atoms with Gasteiger partial charge in [-0.2, -0.15) is 5.26 Å². The van der Waals surface area contributed by atoms with E-state index >= 15 is 0 Å². The van der Waals surface area contributed by atoms with Crippen molar-refractivity contribution in [1.29, 1.82) is 0 Å². The molecule has 60 valence electrons. The van der Waals surface area contributed by atoms with Crippen molar-refractivity contribution in [2.24, 2.45) is 5.41 Å². The maximum atomic E-state index is 10.4. The van der Waals surface area contributed by atoms with Crippen molar-refractivity contribution in [2.45, 2.75) is 33.6 Å². The van der Waals surface area contributed by atoms with E-state index in [1.807, 2.05) is 20.8 Å². The van der Waals surface area contributed by atoms with Crippen LogP contribution in [-0.4, -0.2) is 11.2 Å². The van der Waals surface area contributed by atoms with Gasteiger partial charge in [0.05, 0.1) is 0 Å². The smallest absolute Gasteiger partial charge is 0.301 e. The summed E-state index contributed by atoms with van der Waals surface area (Å²) >= 11 is 0. The number of rotatable bonds is 2. The lowest BCUT2D eigenvalue weighted by Crippen LogP contribution is -2.09. The highest BCUT2D eigenvalue weighted by Gasteiger charge is 2.13. The van der Waals surface area contributed by atoms with E-state index in [4.69, 9.17) is 5.26 Å². The van der Waals surface area contributed by atoms with Crippen LogP contribution in [0.3, 0.4) is 0 Å². The highest BCUT2D eigenvalue weighted by molar-refractivity contribution is 5.68. The van der Waals surface area contributed by atoms with Crippen molar-refractivity contribution in [3.8, 4) is 0 Å². The molecule has 0 aliphatic carbocycles. The Morgan fingerprint density at radius 1 is 1.50 bits per heavy atom. The van der Waals surface area contributed by atoms with Crippen LogP contribution in [0.2, 0.25) is 0 Å². The minimum absolute atomic E-state index is 0.119. The maximum absolute atomic E-state index is 10.4. The molecule has 0 aromatic heterocycles. The molecule has 0 fully saturated rings. The predicted molar refractivity (Wildman–Crippen MR) is 37.4 cm³/mol. The van der Waals surface area contributed by atoms with Crippen LogP contribution < -0.4 is 0 Å². The summed E-state index contributed by atoms with van der Waals surface area (Å²) in [5.41, 5.74) is 0.119. The van der Waals surface area contributed by atoms with Gasteiger partial charge >= 0.3 is 5.97 Å². The van der Waals surface area contributed by atoms with Gasteiger partial charge in [-0.15, -0.1) is 0 Å². The van der Waals surface area contributed by atoms with E-state index in [0.29, 0.717) is 0 Å². The van der Waals surface area contributed by atoms with Crippen molar-refractivity contribution in [2.75, 3.05) is 0 Å². The summed E-state index contributed by atoms with van der Waals surface area (Å²) in [5.74, 6) is -0.560. The predicted octanol–water partition coefficient (Wildman–Crippen LogP) is 1.83. The highest BCUT2D eigenvalue weighted by atomic mass is 17.1. The fourth-order valence-electron chi connectivity index (χ4n) is 0.523. The lowest BCUT2D eigenvalue weighted by atomic mass is 9.91. The van der Waals surface area contributed by atoms with Crippen LogP contribution in [0.15, 0.2) is 0 Å². The summed E-state index contributed by atoms with van der Waals surface area (Å²) in [4.78, 5) is 13.9. The van der Waals surface area contributed by atoms with Crippen LogP contribution in [0.25, 0.3) is 0 Å². The second kappa shape index (κ2) is 3.56. The average Bonchev–Trinajstić information content (AvgIpc) is 1.81. The largest absolute Gasteiger partial charge is 0.342 e. The Labute approximate surface area is 60.9 Å². The van der Waals surface area contributed by atoms with Gasteiger partial charge in [0, 0.05) is 6.42 Å². The molecule has 1 N–H and O–H groups in total. The van der Waals surface area contributed by atoms with Gasteiger partial charge in [0.15, 0.2) is 0 Å². The second-order valence-electron chi connectivity index (χ2n) is 3.52. The first kappa shape index (κ1) is 9.43. The van der Waals surface area contributed by atoms with Crippen LogP contribution in [0.5, 0.6) is 0 Å². The topological polar surface area (TPSA) is 46.5 Å². The highest BCUT2D eigenvalue weighted by Crippen LogP contribution is 2.20. The quantitative estimate of drug-likeness (QED) is 0.477. The molecule has 0 aliphatic rings. The Morgan fingerprint density at radius 3 is 2.30 bits per heavy atom. The van der Waals surface area contributed by atoms with E-state index in [-0.39, 0.29) is 11.8 Å². The zero-order chi connectivity index (χ0) is 8.20. The van der Waals surface area contributed by atoms with Crippen molar-refractivity contribution in [3.05, 3.63) is 0 Å². The molecule has 0 radical (unpaired) electrons. The molecule has 0 rings (SSSR count). The number of carbonyl (C=O) groups excluding carboxylic acids is 1. The van der Waals surface area contributed by atoms with Crippen LogP contribution in [0.4, 0.5) is 0 Å². The molecule has 0 amide bonds. The van der Waals surface area contributed by atoms with Crippen molar-refractivity contribution in [1.82, 2.24) is 0 Å². The van der Waals surface area contributed by atoms with E-state index < -0.39 is 5.97 Å². The van der Waals surface area contributed by atoms with E-state index in [0.717, 1.165) is 6.42 Å². The third-order valence-corrected chi connectivity index (χ3v) is 1.18. The first-order valence-electron chi connectivity index (χ1n) is 3.30. The van der Waals surface area contributed by atoms with Gasteiger partial charge in [-0.3, -0.25) is 0 Å². The molecule has 0 heterocycles. The zero-order valence-corrected chi connectivity index (χ0v) is 6.68. The molecule has 0 bridgehead atoms. The molecule has 3 nitrogen and oxygen atoms in total. The summed E-state index contributed by atoms with van der Waals surface area (Å²) < 4.78 is 0. The standard InChI is InChI=1S/C7H14O3/c1-7(2,3)5-4-6(8)10-9/h9H,4-5H2,1-3H3. The minimum Gasteiger partial charge on any atom is -0.301 e. The monoisotopic (exact) mass is 146 g/mol. The van der Waals surface area contributed by atoms with E-state index in [9.17, 15) is 4.79 Å². The summed E-state index contributed by atoms with van der Waals surface area (Å²) in [7, 11) is 0. The first-order chi connectivity index (χ1) is 4.45. The van der Waals surface area contributed by atoms with Crippen LogP contribution in [-0.2, 0) is 9.68 Å². The van der Waals surface area contributed by atoms with Gasteiger partial charge in [-0.1, -0.05) is 20.8 Å². The zero-order valence-electron chi connectivity index (χ0n) is 6.68. The number of carbonyl (C=O) groups is 1. The summed E-state index contributed by atoms with van der Waals surface area (Å²) in [6, 6.07) is 0. The molecule has 0 atom stereocenters. The maximum Gasteiger partial charge on any atom is 0.342 e. The van der Waals surface area contributed by atoms with E-state index in [1.165, 1.54) is 0 Å². The Morgan fingerprint density at radius 2 is 2.00 bits per heavy atom. The molecule has 0 saturated heterocycles. The SMILES string of the molecule is CC(C)(C)CCC(=O)OO. The van der Waals surface area contributed by atoms with Gasteiger partial charge in [-0.25, -0.2) is 4.79 Å². The molecule has 0 unspecified atom stereocenters. The van der Waals surface area contributed by atoms with Crippen molar-refractivity contribution in [3.63, 3.8) is 0 Å². The Balaban J connectivity index is 3.46. The van der Waals surface area contributed by atoms with Gasteiger partial charge in [0.2, 0.25) is 0 Å². The Bertz CT molecular complexity index is 113. The minimum atomic E-state index is -0.560. The molecule has 10 heavy (non-hydrogen) atoms. The summed E-state index contributed by atoms with van der Waals surface area (Å²) in [6.45, 7) is 6.08. The molecule has 0 aromatic rings. The van der Waals surface area contributed by atoms with Crippen LogP contribution in [0.1, 0.15) is 33.6 Å². The normalized spacial score (nSPS) is 11.2. The van der Waals surface area contributed by atoms with Gasteiger partial charge in [0.25, 0.3) is 0 Å². The molecule has 0 spiro atoms. The van der Waals surface area contributed by atoms with Gasteiger partial charge < -0.3 is 4.89 Å². The Hall–Kier alpha value is -0.570. The molecule has 0 aliphatic heterocycles. The molecular weight excluding hydrogens is 132 g/mol. The fourth-order valence-corrected chi connectivity index (χ4v) is 0.523. The average molecular weight is 146 g/mol. The third kappa shape index (κ3) is 5.56. The molecule has 0 aromatic carbocycles. The van der Waals surface area contributed by atoms with Gasteiger partial charge in [-0.05, 0) is 11.8 Å². The Kier molecular flexibility index (Phi) is 3.36. The molecule has 0 saturated carbocycles. The lowest BCUT2D eigenvalue weighted by molar-refractivity contribution is -0.234. The third-order valence-electron chi connectivity index (χ3n) is 1.18. The molecular formula is C7H14O3. The molecule has 3 heteroatoms. The summed E-state index contributed by atoms with van der Waals surface area (Å²) in [5, 5.41) is 7.88. The van der Waals surface area contributed by atoms with E-state index in [2.05, 4.69) is 4.89 Å². The second-order valence-corrected chi connectivity index (χ2v) is 3.52. The number of hydrogen-bond donors (Lipinski definition) is 1. The first-order valence-corrected chi connectivity index (χ1v) is 3.30.